The second kappa shape index (κ2) is 7.39. The van der Waals surface area contributed by atoms with Gasteiger partial charge < -0.3 is 15.6 Å². The maximum atomic E-state index is 10.6. The Morgan fingerprint density at radius 2 is 2.42 bits per heavy atom. The van der Waals surface area contributed by atoms with Crippen molar-refractivity contribution in [1.29, 1.82) is 0 Å². The van der Waals surface area contributed by atoms with Gasteiger partial charge in [-0.25, -0.2) is 0 Å². The van der Waals surface area contributed by atoms with E-state index in [1.807, 2.05) is 0 Å². The maximum Gasteiger partial charge on any atom is 0.306 e. The molecule has 1 unspecified atom stereocenters. The molecule has 3 N–H and O–H groups in total. The van der Waals surface area contributed by atoms with Crippen LogP contribution in [-0.4, -0.2) is 42.3 Å². The number of hydrogen-bond acceptors (Lipinski definition) is 5. The second-order valence-electron chi connectivity index (χ2n) is 2.29. The lowest BCUT2D eigenvalue weighted by atomic mass is 10.4. The predicted molar refractivity (Wildman–Crippen MR) is 49.0 cm³/mol. The molecule has 0 radical (unpaired) electrons. The topological polar surface area (TPSA) is 72.5 Å². The molecule has 12 heavy (non-hydrogen) atoms. The molecule has 0 aromatic heterocycles. The molecule has 0 saturated heterocycles. The lowest BCUT2D eigenvalue weighted by Crippen LogP contribution is -2.22. The molecule has 0 aliphatic heterocycles. The Bertz CT molecular complexity index is 132. The minimum Gasteiger partial charge on any atom is -0.469 e. The van der Waals surface area contributed by atoms with Gasteiger partial charge in [-0.1, -0.05) is 0 Å². The number of carbonyl (C=O) groups is 1. The van der Waals surface area contributed by atoms with Gasteiger partial charge >= 0.3 is 5.97 Å². The van der Waals surface area contributed by atoms with Crippen LogP contribution in [0.1, 0.15) is 6.42 Å². The number of rotatable bonds is 6. The van der Waals surface area contributed by atoms with E-state index in [-0.39, 0.29) is 12.5 Å². The van der Waals surface area contributed by atoms with Crippen molar-refractivity contribution in [3.8, 4) is 0 Å². The summed E-state index contributed by atoms with van der Waals surface area (Å²) in [5.41, 5.74) is 5.19. The Morgan fingerprint density at radius 3 is 2.92 bits per heavy atom. The minimum atomic E-state index is -0.465. The number of carbonyl (C=O) groups excluding carboxylic acids is 1. The summed E-state index contributed by atoms with van der Waals surface area (Å²) in [4.78, 5) is 10.6. The molecule has 0 aliphatic rings. The van der Waals surface area contributed by atoms with Crippen LogP contribution in [0.2, 0.25) is 0 Å². The maximum absolute atomic E-state index is 10.6. The number of aliphatic hydroxyl groups is 1. The smallest absolute Gasteiger partial charge is 0.306 e. The van der Waals surface area contributed by atoms with Crippen LogP contribution >= 0.6 is 11.8 Å². The largest absolute Gasteiger partial charge is 0.469 e. The van der Waals surface area contributed by atoms with Gasteiger partial charge in [0.2, 0.25) is 0 Å². The van der Waals surface area contributed by atoms with Gasteiger partial charge in [-0.3, -0.25) is 4.79 Å². The van der Waals surface area contributed by atoms with Crippen LogP contribution < -0.4 is 5.73 Å². The van der Waals surface area contributed by atoms with E-state index in [9.17, 15) is 4.79 Å². The number of thioether (sulfide) groups is 1. The highest BCUT2D eigenvalue weighted by molar-refractivity contribution is 7.99. The summed E-state index contributed by atoms with van der Waals surface area (Å²) < 4.78 is 4.44. The summed E-state index contributed by atoms with van der Waals surface area (Å²) in [6.45, 7) is 0.269. The summed E-state index contributed by atoms with van der Waals surface area (Å²) in [5, 5.41) is 9.02. The number of nitrogens with two attached hydrogens (primary N) is 1. The lowest BCUT2D eigenvalue weighted by Gasteiger charge is -2.05. The minimum absolute atomic E-state index is 0.218. The van der Waals surface area contributed by atoms with Crippen molar-refractivity contribution in [1.82, 2.24) is 0 Å². The first-order valence-electron chi connectivity index (χ1n) is 3.73. The molecule has 0 amide bonds. The zero-order valence-corrected chi connectivity index (χ0v) is 7.97. The highest BCUT2D eigenvalue weighted by atomic mass is 32.2. The Kier molecular flexibility index (Phi) is 7.23. The highest BCUT2D eigenvalue weighted by Gasteiger charge is 2.03. The molecule has 0 aromatic carbocycles. The van der Waals surface area contributed by atoms with Crippen LogP contribution in [0.5, 0.6) is 0 Å². The summed E-state index contributed by atoms with van der Waals surface area (Å²) >= 11 is 1.50. The van der Waals surface area contributed by atoms with Crippen LogP contribution in [0.4, 0.5) is 0 Å². The third-order valence-electron chi connectivity index (χ3n) is 1.26. The van der Waals surface area contributed by atoms with Gasteiger partial charge in [-0.15, -0.1) is 0 Å². The summed E-state index contributed by atoms with van der Waals surface area (Å²) in [5.74, 6) is 1.03. The number of hydrogen-bond donors (Lipinski definition) is 2. The van der Waals surface area contributed by atoms with Crippen molar-refractivity contribution in [2.45, 2.75) is 12.5 Å². The lowest BCUT2D eigenvalue weighted by molar-refractivity contribution is -0.140. The van der Waals surface area contributed by atoms with Gasteiger partial charge in [-0.2, -0.15) is 11.8 Å². The van der Waals surface area contributed by atoms with Crippen molar-refractivity contribution in [2.24, 2.45) is 5.73 Å². The Balaban J connectivity index is 3.15. The third kappa shape index (κ3) is 6.45. The quantitative estimate of drug-likeness (QED) is 0.443. The molecule has 0 saturated carbocycles. The predicted octanol–water partition coefficient (Wildman–Crippen LogP) is -0.398. The third-order valence-corrected chi connectivity index (χ3v) is 2.37. The van der Waals surface area contributed by atoms with E-state index in [1.54, 1.807) is 0 Å². The number of esters is 1. The molecule has 0 bridgehead atoms. The fourth-order valence-electron chi connectivity index (χ4n) is 0.545. The van der Waals surface area contributed by atoms with Crippen LogP contribution in [0.3, 0.4) is 0 Å². The van der Waals surface area contributed by atoms with Gasteiger partial charge in [-0.05, 0) is 0 Å². The fraction of sp³-hybridized carbons (Fsp3) is 0.857. The van der Waals surface area contributed by atoms with Crippen molar-refractivity contribution in [2.75, 3.05) is 25.2 Å². The normalized spacial score (nSPS) is 12.6. The van der Waals surface area contributed by atoms with Gasteiger partial charge in [0, 0.05) is 18.1 Å². The average molecular weight is 193 g/mol. The summed E-state index contributed by atoms with van der Waals surface area (Å²) in [7, 11) is 1.36. The van der Waals surface area contributed by atoms with Crippen LogP contribution in [0.25, 0.3) is 0 Å². The average Bonchev–Trinajstić information content (AvgIpc) is 2.11. The van der Waals surface area contributed by atoms with Gasteiger partial charge in [0.05, 0.1) is 19.6 Å². The molecule has 0 spiro atoms. The molecule has 0 fully saturated rings. The first-order chi connectivity index (χ1) is 5.70. The zero-order valence-electron chi connectivity index (χ0n) is 7.16. The Hall–Kier alpha value is -0.260. The fourth-order valence-corrected chi connectivity index (χ4v) is 1.43. The molecule has 0 heterocycles. The van der Waals surface area contributed by atoms with Gasteiger partial charge in [0.15, 0.2) is 0 Å². The number of aliphatic hydroxyl groups excluding tert-OH is 1. The molecule has 5 heteroatoms. The molecule has 0 aromatic rings. The first kappa shape index (κ1) is 11.7. The van der Waals surface area contributed by atoms with Crippen molar-refractivity contribution in [3.05, 3.63) is 0 Å². The Labute approximate surface area is 76.5 Å². The molecule has 0 rings (SSSR count). The number of ether oxygens (including phenoxy) is 1. The van der Waals surface area contributed by atoms with Crippen molar-refractivity contribution >= 4 is 17.7 Å². The van der Waals surface area contributed by atoms with Crippen LogP contribution in [0.15, 0.2) is 0 Å². The molecule has 1 atom stereocenters. The summed E-state index contributed by atoms with van der Waals surface area (Å²) in [6.07, 6.45) is -0.0778. The van der Waals surface area contributed by atoms with Crippen molar-refractivity contribution in [3.63, 3.8) is 0 Å². The van der Waals surface area contributed by atoms with Crippen molar-refractivity contribution < 1.29 is 14.6 Å². The van der Waals surface area contributed by atoms with E-state index < -0.39 is 6.10 Å². The van der Waals surface area contributed by atoms with Crippen LogP contribution in [0, 0.1) is 0 Å². The highest BCUT2D eigenvalue weighted by Crippen LogP contribution is 2.04. The molecule has 72 valence electrons. The standard InChI is InChI=1S/C7H15NO3S/c1-11-7(10)2-3-12-5-6(9)4-8/h6,9H,2-5,8H2,1H3. The van der Waals surface area contributed by atoms with E-state index in [4.69, 9.17) is 10.8 Å². The zero-order chi connectivity index (χ0) is 9.40. The van der Waals surface area contributed by atoms with E-state index in [0.29, 0.717) is 17.9 Å². The van der Waals surface area contributed by atoms with E-state index in [1.165, 1.54) is 18.9 Å². The van der Waals surface area contributed by atoms with Gasteiger partial charge in [0.25, 0.3) is 0 Å². The molecule has 0 aliphatic carbocycles. The van der Waals surface area contributed by atoms with E-state index in [0.717, 1.165) is 0 Å². The number of methoxy groups -OCH3 is 1. The van der Waals surface area contributed by atoms with Crippen LogP contribution in [-0.2, 0) is 9.53 Å². The molecular weight excluding hydrogens is 178 g/mol. The monoisotopic (exact) mass is 193 g/mol. The summed E-state index contributed by atoms with van der Waals surface area (Å²) in [6, 6.07) is 0. The Morgan fingerprint density at radius 1 is 1.75 bits per heavy atom. The SMILES string of the molecule is COC(=O)CCSCC(O)CN. The van der Waals surface area contributed by atoms with Gasteiger partial charge in [0.1, 0.15) is 0 Å². The van der Waals surface area contributed by atoms with E-state index in [2.05, 4.69) is 4.74 Å². The molecule has 4 nitrogen and oxygen atoms in total. The molecular formula is C7H15NO3S. The second-order valence-corrected chi connectivity index (χ2v) is 3.44. The van der Waals surface area contributed by atoms with E-state index >= 15 is 0 Å². The first-order valence-corrected chi connectivity index (χ1v) is 4.89.